The van der Waals surface area contributed by atoms with Gasteiger partial charge in [-0.05, 0) is 44.2 Å². The molecule has 1 aliphatic rings. The highest BCUT2D eigenvalue weighted by molar-refractivity contribution is 5.81. The minimum absolute atomic E-state index is 0.351. The van der Waals surface area contributed by atoms with Gasteiger partial charge in [0.05, 0.1) is 0 Å². The third kappa shape index (κ3) is 4.79. The number of ketones is 1. The van der Waals surface area contributed by atoms with Gasteiger partial charge in [-0.3, -0.25) is 4.79 Å². The number of hydrogen-bond donors (Lipinski definition) is 0. The smallest absolute Gasteiger partial charge is 0.137 e. The summed E-state index contributed by atoms with van der Waals surface area (Å²) in [4.78, 5) is 14.5. The van der Waals surface area contributed by atoms with Crippen LogP contribution in [-0.2, 0) is 4.79 Å². The molecule has 1 aliphatic carbocycles. The minimum Gasteiger partial charge on any atom is -0.303 e. The lowest BCUT2D eigenvalue weighted by Crippen LogP contribution is -2.30. The number of nitrogens with zero attached hydrogens (tertiary/aromatic N) is 1. The van der Waals surface area contributed by atoms with E-state index in [0.29, 0.717) is 11.7 Å². The number of hydrogen-bond acceptors (Lipinski definition) is 2. The van der Waals surface area contributed by atoms with E-state index in [0.717, 1.165) is 50.7 Å². The van der Waals surface area contributed by atoms with Gasteiger partial charge in [0.1, 0.15) is 5.78 Å². The first kappa shape index (κ1) is 14.7. The third-order valence-corrected chi connectivity index (χ3v) is 4.20. The van der Waals surface area contributed by atoms with Crippen molar-refractivity contribution >= 4 is 5.78 Å². The fourth-order valence-corrected chi connectivity index (χ4v) is 3.22. The number of rotatable bonds is 6. The highest BCUT2D eigenvalue weighted by Gasteiger charge is 2.28. The molecule has 17 heavy (non-hydrogen) atoms. The lowest BCUT2D eigenvalue weighted by molar-refractivity contribution is -0.125. The van der Waals surface area contributed by atoms with Gasteiger partial charge in [0.2, 0.25) is 0 Å². The molecule has 1 rings (SSSR count). The van der Waals surface area contributed by atoms with Crippen LogP contribution >= 0.6 is 0 Å². The second-order valence-corrected chi connectivity index (χ2v) is 5.86. The molecule has 0 aromatic carbocycles. The summed E-state index contributed by atoms with van der Waals surface area (Å²) in [5, 5.41) is 0. The Balaban J connectivity index is 2.36. The predicted octanol–water partition coefficient (Wildman–Crippen LogP) is 3.36. The average molecular weight is 239 g/mol. The molecular formula is C15H29NO. The van der Waals surface area contributed by atoms with Crippen molar-refractivity contribution in [3.63, 3.8) is 0 Å². The van der Waals surface area contributed by atoms with E-state index in [2.05, 4.69) is 32.6 Å². The molecule has 100 valence electrons. The van der Waals surface area contributed by atoms with E-state index in [1.54, 1.807) is 0 Å². The van der Waals surface area contributed by atoms with Crippen LogP contribution in [0.2, 0.25) is 0 Å². The quantitative estimate of drug-likeness (QED) is 0.708. The predicted molar refractivity (Wildman–Crippen MR) is 73.1 cm³/mol. The van der Waals surface area contributed by atoms with E-state index in [-0.39, 0.29) is 0 Å². The zero-order valence-electron chi connectivity index (χ0n) is 12.0. The van der Waals surface area contributed by atoms with Crippen molar-refractivity contribution in [2.75, 3.05) is 19.6 Å². The Morgan fingerprint density at radius 2 is 1.59 bits per heavy atom. The fourth-order valence-electron chi connectivity index (χ4n) is 3.22. The van der Waals surface area contributed by atoms with Crippen molar-refractivity contribution in [3.05, 3.63) is 0 Å². The summed E-state index contributed by atoms with van der Waals surface area (Å²) in [7, 11) is 0. The summed E-state index contributed by atoms with van der Waals surface area (Å²) in [5.41, 5.74) is 0. The van der Waals surface area contributed by atoms with Crippen molar-refractivity contribution < 1.29 is 4.79 Å². The first-order valence-electron chi connectivity index (χ1n) is 7.31. The molecule has 2 nitrogen and oxygen atoms in total. The van der Waals surface area contributed by atoms with Crippen molar-refractivity contribution in [2.24, 2.45) is 17.8 Å². The molecule has 0 amide bonds. The van der Waals surface area contributed by atoms with Crippen molar-refractivity contribution in [1.29, 1.82) is 0 Å². The van der Waals surface area contributed by atoms with E-state index < -0.39 is 0 Å². The summed E-state index contributed by atoms with van der Waals surface area (Å²) in [6, 6.07) is 0. The van der Waals surface area contributed by atoms with E-state index >= 15 is 0 Å². The van der Waals surface area contributed by atoms with Crippen LogP contribution in [-0.4, -0.2) is 30.3 Å². The van der Waals surface area contributed by atoms with Gasteiger partial charge in [-0.25, -0.2) is 0 Å². The standard InChI is InChI=1S/C15H29NO/c1-5-16(6-2)8-7-15(17)14-10-12(3)9-13(4)11-14/h12-14H,5-11H2,1-4H3. The zero-order chi connectivity index (χ0) is 12.8. The van der Waals surface area contributed by atoms with Gasteiger partial charge in [0.25, 0.3) is 0 Å². The minimum atomic E-state index is 0.351. The van der Waals surface area contributed by atoms with E-state index in [1.165, 1.54) is 6.42 Å². The normalized spacial score (nSPS) is 29.6. The highest BCUT2D eigenvalue weighted by Crippen LogP contribution is 2.33. The zero-order valence-corrected chi connectivity index (χ0v) is 12.0. The maximum atomic E-state index is 12.2. The topological polar surface area (TPSA) is 20.3 Å². The van der Waals surface area contributed by atoms with Crippen molar-refractivity contribution in [2.45, 2.75) is 53.4 Å². The van der Waals surface area contributed by atoms with Gasteiger partial charge in [-0.1, -0.05) is 27.7 Å². The molecule has 0 aromatic rings. The summed E-state index contributed by atoms with van der Waals surface area (Å²) in [6.07, 6.45) is 4.31. The summed E-state index contributed by atoms with van der Waals surface area (Å²) >= 11 is 0. The molecule has 0 spiro atoms. The summed E-state index contributed by atoms with van der Waals surface area (Å²) in [6.45, 7) is 12.0. The lowest BCUT2D eigenvalue weighted by Gasteiger charge is -2.31. The molecule has 1 fully saturated rings. The Morgan fingerprint density at radius 1 is 1.06 bits per heavy atom. The molecule has 1 saturated carbocycles. The number of carbonyl (C=O) groups excluding carboxylic acids is 1. The first-order valence-corrected chi connectivity index (χ1v) is 7.31. The largest absolute Gasteiger partial charge is 0.303 e. The van der Waals surface area contributed by atoms with Gasteiger partial charge < -0.3 is 4.90 Å². The molecule has 0 bridgehead atoms. The fraction of sp³-hybridized carbons (Fsp3) is 0.933. The monoisotopic (exact) mass is 239 g/mol. The molecule has 0 saturated heterocycles. The van der Waals surface area contributed by atoms with Gasteiger partial charge in [-0.15, -0.1) is 0 Å². The highest BCUT2D eigenvalue weighted by atomic mass is 16.1. The molecule has 0 aromatic heterocycles. The molecule has 0 N–H and O–H groups in total. The Bertz CT molecular complexity index is 225. The molecule has 2 heteroatoms. The van der Waals surface area contributed by atoms with Crippen LogP contribution in [0.5, 0.6) is 0 Å². The second kappa shape index (κ2) is 7.15. The summed E-state index contributed by atoms with van der Waals surface area (Å²) in [5.74, 6) is 2.34. The third-order valence-electron chi connectivity index (χ3n) is 4.20. The molecule has 0 radical (unpaired) electrons. The second-order valence-electron chi connectivity index (χ2n) is 5.86. The van der Waals surface area contributed by atoms with Gasteiger partial charge in [-0.2, -0.15) is 0 Å². The molecular weight excluding hydrogens is 210 g/mol. The van der Waals surface area contributed by atoms with E-state index in [1.807, 2.05) is 0 Å². The van der Waals surface area contributed by atoms with Crippen LogP contribution in [0.3, 0.4) is 0 Å². The van der Waals surface area contributed by atoms with Gasteiger partial charge in [0.15, 0.2) is 0 Å². The van der Waals surface area contributed by atoms with Crippen LogP contribution in [0.1, 0.15) is 53.4 Å². The summed E-state index contributed by atoms with van der Waals surface area (Å²) < 4.78 is 0. The molecule has 2 unspecified atom stereocenters. The molecule has 2 atom stereocenters. The Kier molecular flexibility index (Phi) is 6.18. The number of carbonyl (C=O) groups is 1. The lowest BCUT2D eigenvalue weighted by atomic mass is 9.74. The van der Waals surface area contributed by atoms with Crippen molar-refractivity contribution in [3.8, 4) is 0 Å². The molecule has 0 aliphatic heterocycles. The number of Topliss-reactive ketones (excluding diaryl/α,β-unsaturated/α-hetero) is 1. The Morgan fingerprint density at radius 3 is 2.06 bits per heavy atom. The first-order chi connectivity index (χ1) is 8.06. The Hall–Kier alpha value is -0.370. The van der Waals surface area contributed by atoms with E-state index in [4.69, 9.17) is 0 Å². The Labute approximate surface area is 107 Å². The van der Waals surface area contributed by atoms with Crippen molar-refractivity contribution in [1.82, 2.24) is 4.90 Å². The van der Waals surface area contributed by atoms with Gasteiger partial charge >= 0.3 is 0 Å². The van der Waals surface area contributed by atoms with Crippen LogP contribution in [0.4, 0.5) is 0 Å². The van der Waals surface area contributed by atoms with Crippen LogP contribution in [0, 0.1) is 17.8 Å². The molecule has 0 heterocycles. The van der Waals surface area contributed by atoms with E-state index in [9.17, 15) is 4.79 Å². The maximum Gasteiger partial charge on any atom is 0.137 e. The van der Waals surface area contributed by atoms with Crippen LogP contribution < -0.4 is 0 Å². The van der Waals surface area contributed by atoms with Gasteiger partial charge in [0, 0.05) is 18.9 Å². The SMILES string of the molecule is CCN(CC)CCC(=O)C1CC(C)CC(C)C1. The maximum absolute atomic E-state index is 12.2. The van der Waals surface area contributed by atoms with Crippen LogP contribution in [0.15, 0.2) is 0 Å². The van der Waals surface area contributed by atoms with Crippen LogP contribution in [0.25, 0.3) is 0 Å². The average Bonchev–Trinajstić information content (AvgIpc) is 2.28.